The average molecular weight is 232 g/mol. The first-order chi connectivity index (χ1) is 7.37. The Balaban J connectivity index is 2.16. The fraction of sp³-hybridized carbons (Fsp3) is 1.00. The van der Waals surface area contributed by atoms with Gasteiger partial charge in [0.1, 0.15) is 0 Å². The average Bonchev–Trinajstić information content (AvgIpc) is 2.50. The number of hydrogen-bond acceptors (Lipinski definition) is 2. The third-order valence-corrected chi connectivity index (χ3v) is 4.41. The van der Waals surface area contributed by atoms with Gasteiger partial charge in [0.15, 0.2) is 0 Å². The summed E-state index contributed by atoms with van der Waals surface area (Å²) >= 11 is 0. The monoisotopic (exact) mass is 232 g/mol. The third-order valence-electron chi connectivity index (χ3n) is 4.41. The molecule has 0 aromatic carbocycles. The summed E-state index contributed by atoms with van der Waals surface area (Å²) in [5, 5.41) is 0. The van der Waals surface area contributed by atoms with Gasteiger partial charge in [-0.3, -0.25) is 4.90 Å². The number of nitrogens with zero attached hydrogens (tertiary/aromatic N) is 1. The summed E-state index contributed by atoms with van der Waals surface area (Å²) in [6, 6.07) is 0.478. The van der Waals surface area contributed by atoms with Crippen molar-refractivity contribution in [2.24, 2.45) is 5.73 Å². The van der Waals surface area contributed by atoms with Crippen molar-refractivity contribution in [1.82, 2.24) is 4.90 Å². The maximum Gasteiger partial charge on any atom is 0.248 e. The minimum absolute atomic E-state index is 0.00389. The first-order valence-electron chi connectivity index (χ1n) is 6.28. The smallest absolute Gasteiger partial charge is 0.248 e. The maximum absolute atomic E-state index is 13.2. The summed E-state index contributed by atoms with van der Waals surface area (Å²) in [4.78, 5) is 2.35. The van der Waals surface area contributed by atoms with Crippen LogP contribution in [0.3, 0.4) is 0 Å². The predicted molar refractivity (Wildman–Crippen MR) is 60.6 cm³/mol. The van der Waals surface area contributed by atoms with E-state index in [1.54, 1.807) is 0 Å². The molecule has 1 spiro atoms. The van der Waals surface area contributed by atoms with Crippen LogP contribution in [0.15, 0.2) is 0 Å². The number of alkyl halides is 2. The molecule has 1 saturated carbocycles. The zero-order chi connectivity index (χ0) is 12.0. The van der Waals surface area contributed by atoms with Crippen LogP contribution in [0.4, 0.5) is 8.78 Å². The molecule has 0 aromatic rings. The second kappa shape index (κ2) is 3.91. The van der Waals surface area contributed by atoms with Crippen LogP contribution >= 0.6 is 0 Å². The molecule has 2 N–H and O–H groups in total. The van der Waals surface area contributed by atoms with Crippen molar-refractivity contribution in [2.45, 2.75) is 69.5 Å². The van der Waals surface area contributed by atoms with Crippen LogP contribution < -0.4 is 5.73 Å². The molecular formula is C12H22F2N2. The summed E-state index contributed by atoms with van der Waals surface area (Å²) in [7, 11) is 0. The van der Waals surface area contributed by atoms with Gasteiger partial charge in [0.05, 0.1) is 0 Å². The lowest BCUT2D eigenvalue weighted by molar-refractivity contribution is -0.0811. The summed E-state index contributed by atoms with van der Waals surface area (Å²) in [6.45, 7) is 5.23. The van der Waals surface area contributed by atoms with E-state index >= 15 is 0 Å². The van der Waals surface area contributed by atoms with Crippen molar-refractivity contribution < 1.29 is 8.78 Å². The molecule has 94 valence electrons. The van der Waals surface area contributed by atoms with Crippen LogP contribution in [-0.4, -0.2) is 35.0 Å². The van der Waals surface area contributed by atoms with E-state index in [1.165, 1.54) is 0 Å². The molecule has 0 bridgehead atoms. The molecule has 1 aliphatic heterocycles. The molecule has 0 radical (unpaired) electrons. The molecule has 1 aliphatic carbocycles. The van der Waals surface area contributed by atoms with Crippen molar-refractivity contribution in [2.75, 3.05) is 6.54 Å². The lowest BCUT2D eigenvalue weighted by Gasteiger charge is -2.47. The Morgan fingerprint density at radius 1 is 1.19 bits per heavy atom. The molecule has 2 fully saturated rings. The highest BCUT2D eigenvalue weighted by Crippen LogP contribution is 2.46. The van der Waals surface area contributed by atoms with Gasteiger partial charge in [-0.15, -0.1) is 0 Å². The van der Waals surface area contributed by atoms with Gasteiger partial charge in [-0.2, -0.15) is 0 Å². The van der Waals surface area contributed by atoms with Crippen LogP contribution in [0.25, 0.3) is 0 Å². The Hall–Kier alpha value is -0.220. The van der Waals surface area contributed by atoms with E-state index in [1.807, 2.05) is 0 Å². The fourth-order valence-corrected chi connectivity index (χ4v) is 3.46. The standard InChI is InChI=1S/C12H22F2N2/c1-9(2)16-8-3-10(15)11(16)4-6-12(13,14)7-5-11/h9-10H,3-8,15H2,1-2H3. The molecule has 2 aliphatic rings. The Morgan fingerprint density at radius 3 is 2.25 bits per heavy atom. The lowest BCUT2D eigenvalue weighted by Crippen LogP contribution is -2.58. The summed E-state index contributed by atoms with van der Waals surface area (Å²) in [5.74, 6) is -2.46. The zero-order valence-electron chi connectivity index (χ0n) is 10.2. The molecular weight excluding hydrogens is 210 g/mol. The minimum Gasteiger partial charge on any atom is -0.326 e. The Kier molecular flexibility index (Phi) is 2.99. The highest BCUT2D eigenvalue weighted by Gasteiger charge is 2.52. The highest BCUT2D eigenvalue weighted by molar-refractivity contribution is 5.08. The van der Waals surface area contributed by atoms with Gasteiger partial charge in [-0.05, 0) is 33.1 Å². The van der Waals surface area contributed by atoms with E-state index in [-0.39, 0.29) is 24.4 Å². The van der Waals surface area contributed by atoms with Gasteiger partial charge in [0.2, 0.25) is 5.92 Å². The number of nitrogens with two attached hydrogens (primary N) is 1. The molecule has 1 atom stereocenters. The van der Waals surface area contributed by atoms with E-state index in [4.69, 9.17) is 5.73 Å². The summed E-state index contributed by atoms with van der Waals surface area (Å²) in [5.41, 5.74) is 6.03. The van der Waals surface area contributed by atoms with Gasteiger partial charge in [0.25, 0.3) is 0 Å². The van der Waals surface area contributed by atoms with Gasteiger partial charge in [0, 0.05) is 37.0 Å². The van der Waals surface area contributed by atoms with E-state index in [9.17, 15) is 8.78 Å². The Bertz CT molecular complexity index is 256. The Morgan fingerprint density at radius 2 is 1.75 bits per heavy atom. The normalized spacial score (nSPS) is 33.8. The molecule has 0 aromatic heterocycles. The molecule has 1 heterocycles. The van der Waals surface area contributed by atoms with Crippen LogP contribution in [0.1, 0.15) is 46.0 Å². The van der Waals surface area contributed by atoms with Crippen molar-refractivity contribution in [3.05, 3.63) is 0 Å². The van der Waals surface area contributed by atoms with E-state index in [0.717, 1.165) is 13.0 Å². The second-order valence-corrected chi connectivity index (χ2v) is 5.64. The van der Waals surface area contributed by atoms with E-state index < -0.39 is 5.92 Å². The topological polar surface area (TPSA) is 29.3 Å². The van der Waals surface area contributed by atoms with Gasteiger partial charge in [-0.1, -0.05) is 0 Å². The Labute approximate surface area is 96.2 Å². The number of hydrogen-bond donors (Lipinski definition) is 1. The molecule has 2 nitrogen and oxygen atoms in total. The molecule has 1 unspecified atom stereocenters. The molecule has 2 rings (SSSR count). The quantitative estimate of drug-likeness (QED) is 0.752. The minimum atomic E-state index is -2.46. The summed E-state index contributed by atoms with van der Waals surface area (Å²) in [6.07, 6.45) is 2.07. The van der Waals surface area contributed by atoms with E-state index in [2.05, 4.69) is 18.7 Å². The van der Waals surface area contributed by atoms with Crippen LogP contribution in [0.2, 0.25) is 0 Å². The summed E-state index contributed by atoms with van der Waals surface area (Å²) < 4.78 is 26.5. The van der Waals surface area contributed by atoms with Crippen molar-refractivity contribution in [1.29, 1.82) is 0 Å². The van der Waals surface area contributed by atoms with Gasteiger partial charge >= 0.3 is 0 Å². The first-order valence-corrected chi connectivity index (χ1v) is 6.28. The van der Waals surface area contributed by atoms with Crippen molar-refractivity contribution >= 4 is 0 Å². The highest BCUT2D eigenvalue weighted by atomic mass is 19.3. The molecule has 4 heteroatoms. The number of rotatable bonds is 1. The number of halogens is 2. The first kappa shape index (κ1) is 12.2. The van der Waals surface area contributed by atoms with Crippen LogP contribution in [-0.2, 0) is 0 Å². The zero-order valence-corrected chi connectivity index (χ0v) is 10.2. The third kappa shape index (κ3) is 1.86. The maximum atomic E-state index is 13.2. The van der Waals surface area contributed by atoms with E-state index in [0.29, 0.717) is 18.9 Å². The fourth-order valence-electron chi connectivity index (χ4n) is 3.46. The van der Waals surface area contributed by atoms with Crippen LogP contribution in [0.5, 0.6) is 0 Å². The second-order valence-electron chi connectivity index (χ2n) is 5.64. The number of likely N-dealkylation sites (tertiary alicyclic amines) is 1. The van der Waals surface area contributed by atoms with Gasteiger partial charge in [-0.25, -0.2) is 8.78 Å². The van der Waals surface area contributed by atoms with Gasteiger partial charge < -0.3 is 5.73 Å². The van der Waals surface area contributed by atoms with Crippen molar-refractivity contribution in [3.8, 4) is 0 Å². The lowest BCUT2D eigenvalue weighted by atomic mass is 9.75. The molecule has 1 saturated heterocycles. The molecule has 16 heavy (non-hydrogen) atoms. The largest absolute Gasteiger partial charge is 0.326 e. The van der Waals surface area contributed by atoms with Crippen molar-refractivity contribution in [3.63, 3.8) is 0 Å². The molecule has 0 amide bonds. The predicted octanol–water partition coefficient (Wildman–Crippen LogP) is 2.38. The SMILES string of the molecule is CC(C)N1CCC(N)C12CCC(F)(F)CC2. The van der Waals surface area contributed by atoms with Crippen LogP contribution in [0, 0.1) is 0 Å².